The Hall–Kier alpha value is -2.63. The lowest BCUT2D eigenvalue weighted by Crippen LogP contribution is -2.44. The molecule has 6 nitrogen and oxygen atoms in total. The van der Waals surface area contributed by atoms with E-state index in [1.807, 2.05) is 53.2 Å². The molecule has 1 aromatic carbocycles. The van der Waals surface area contributed by atoms with Crippen LogP contribution in [-0.2, 0) is 11.8 Å². The van der Waals surface area contributed by atoms with Crippen LogP contribution in [0.25, 0.3) is 11.3 Å². The molecule has 2 saturated heterocycles. The molecule has 29 heavy (non-hydrogen) atoms. The Morgan fingerprint density at radius 3 is 2.52 bits per heavy atom. The summed E-state index contributed by atoms with van der Waals surface area (Å²) >= 11 is 0. The fourth-order valence-corrected chi connectivity index (χ4v) is 4.69. The number of benzene rings is 1. The van der Waals surface area contributed by atoms with Crippen molar-refractivity contribution in [2.75, 3.05) is 26.2 Å². The van der Waals surface area contributed by atoms with Gasteiger partial charge in [0.15, 0.2) is 0 Å². The van der Waals surface area contributed by atoms with Gasteiger partial charge in [-0.1, -0.05) is 44.2 Å². The van der Waals surface area contributed by atoms with Gasteiger partial charge < -0.3 is 9.80 Å². The van der Waals surface area contributed by atoms with Gasteiger partial charge in [-0.25, -0.2) is 0 Å². The molecule has 2 aliphatic heterocycles. The fraction of sp³-hybridized carbons (Fsp3) is 0.522. The highest BCUT2D eigenvalue weighted by Gasteiger charge is 2.45. The van der Waals surface area contributed by atoms with Crippen molar-refractivity contribution in [1.82, 2.24) is 19.6 Å². The number of nitrogens with zero attached hydrogens (tertiary/aromatic N) is 4. The van der Waals surface area contributed by atoms with Gasteiger partial charge in [0, 0.05) is 50.6 Å². The summed E-state index contributed by atoms with van der Waals surface area (Å²) in [6.45, 7) is 7.38. The van der Waals surface area contributed by atoms with E-state index < -0.39 is 0 Å². The number of aryl methyl sites for hydroxylation is 1. The largest absolute Gasteiger partial charge is 0.342 e. The molecule has 1 spiro atoms. The first-order valence-corrected chi connectivity index (χ1v) is 10.5. The molecule has 2 aromatic rings. The summed E-state index contributed by atoms with van der Waals surface area (Å²) in [6.07, 6.45) is 2.41. The van der Waals surface area contributed by atoms with Crippen LogP contribution in [0.4, 0.5) is 0 Å². The number of likely N-dealkylation sites (tertiary alicyclic amines) is 2. The fourth-order valence-electron chi connectivity index (χ4n) is 4.69. The molecule has 0 unspecified atom stereocenters. The number of piperidine rings is 1. The minimum atomic E-state index is 0.0281. The van der Waals surface area contributed by atoms with Crippen molar-refractivity contribution in [3.05, 3.63) is 42.1 Å². The van der Waals surface area contributed by atoms with E-state index in [1.165, 1.54) is 0 Å². The van der Waals surface area contributed by atoms with Crippen molar-refractivity contribution < 1.29 is 9.59 Å². The number of hydrogen-bond acceptors (Lipinski definition) is 3. The summed E-state index contributed by atoms with van der Waals surface area (Å²) in [5.74, 6) is 0.789. The van der Waals surface area contributed by atoms with Crippen molar-refractivity contribution in [3.63, 3.8) is 0 Å². The third-order valence-electron chi connectivity index (χ3n) is 6.27. The Kier molecular flexibility index (Phi) is 5.19. The van der Waals surface area contributed by atoms with E-state index in [-0.39, 0.29) is 17.2 Å². The smallest absolute Gasteiger partial charge is 0.272 e. The molecule has 0 radical (unpaired) electrons. The Bertz CT molecular complexity index is 895. The second-order valence-electron chi connectivity index (χ2n) is 9.04. The number of carbonyl (C=O) groups is 2. The maximum atomic E-state index is 13.1. The predicted molar refractivity (Wildman–Crippen MR) is 112 cm³/mol. The molecule has 2 fully saturated rings. The summed E-state index contributed by atoms with van der Waals surface area (Å²) in [7, 11) is 1.82. The summed E-state index contributed by atoms with van der Waals surface area (Å²) in [6, 6.07) is 11.8. The van der Waals surface area contributed by atoms with E-state index in [2.05, 4.69) is 18.9 Å². The van der Waals surface area contributed by atoms with Gasteiger partial charge in [-0.3, -0.25) is 14.3 Å². The lowest BCUT2D eigenvalue weighted by molar-refractivity contribution is -0.128. The summed E-state index contributed by atoms with van der Waals surface area (Å²) in [4.78, 5) is 29.5. The highest BCUT2D eigenvalue weighted by molar-refractivity contribution is 5.94. The molecule has 0 atom stereocenters. The molecule has 1 aromatic heterocycles. The van der Waals surface area contributed by atoms with Crippen LogP contribution in [0.15, 0.2) is 36.4 Å². The highest BCUT2D eigenvalue weighted by Crippen LogP contribution is 2.41. The average molecular weight is 395 g/mol. The third kappa shape index (κ3) is 3.93. The first-order chi connectivity index (χ1) is 13.9. The molecular formula is C23H30N4O2. The zero-order chi connectivity index (χ0) is 20.6. The first kappa shape index (κ1) is 19.7. The Labute approximate surface area is 172 Å². The molecule has 0 bridgehead atoms. The Morgan fingerprint density at radius 2 is 1.86 bits per heavy atom. The van der Waals surface area contributed by atoms with E-state index in [9.17, 15) is 9.59 Å². The van der Waals surface area contributed by atoms with E-state index >= 15 is 0 Å². The summed E-state index contributed by atoms with van der Waals surface area (Å²) < 4.78 is 1.68. The van der Waals surface area contributed by atoms with Crippen LogP contribution in [0.2, 0.25) is 0 Å². The van der Waals surface area contributed by atoms with Gasteiger partial charge in [0.2, 0.25) is 5.91 Å². The van der Waals surface area contributed by atoms with E-state index in [4.69, 9.17) is 0 Å². The predicted octanol–water partition coefficient (Wildman–Crippen LogP) is 3.20. The van der Waals surface area contributed by atoms with Gasteiger partial charge >= 0.3 is 0 Å². The minimum absolute atomic E-state index is 0.0281. The second-order valence-corrected chi connectivity index (χ2v) is 9.04. The Morgan fingerprint density at radius 1 is 1.17 bits per heavy atom. The quantitative estimate of drug-likeness (QED) is 0.800. The minimum Gasteiger partial charge on any atom is -0.342 e. The second kappa shape index (κ2) is 7.65. The van der Waals surface area contributed by atoms with Crippen molar-refractivity contribution in [2.24, 2.45) is 18.4 Å². The van der Waals surface area contributed by atoms with Gasteiger partial charge in [-0.15, -0.1) is 0 Å². The number of amides is 2. The molecule has 4 rings (SSSR count). The number of hydrogen-bond donors (Lipinski definition) is 0. The standard InChI is InChI=1S/C23H30N4O2/c1-17(2)15-27-16-23(14-21(27)28)9-11-26(12-10-23)22(29)20-13-19(24-25(20)3)18-7-5-4-6-8-18/h4-8,13,17H,9-12,14-16H2,1-3H3. The van der Waals surface area contributed by atoms with Gasteiger partial charge in [0.25, 0.3) is 5.91 Å². The van der Waals surface area contributed by atoms with Crippen molar-refractivity contribution in [3.8, 4) is 11.3 Å². The molecular weight excluding hydrogens is 364 g/mol. The summed E-state index contributed by atoms with van der Waals surface area (Å²) in [5, 5.41) is 4.53. The van der Waals surface area contributed by atoms with Gasteiger partial charge in [0.1, 0.15) is 5.69 Å². The van der Waals surface area contributed by atoms with Crippen molar-refractivity contribution >= 4 is 11.8 Å². The topological polar surface area (TPSA) is 58.4 Å². The highest BCUT2D eigenvalue weighted by atomic mass is 16.2. The van der Waals surface area contributed by atoms with Crippen LogP contribution in [0.3, 0.4) is 0 Å². The van der Waals surface area contributed by atoms with E-state index in [0.29, 0.717) is 31.1 Å². The van der Waals surface area contributed by atoms with Gasteiger partial charge in [-0.05, 0) is 24.8 Å². The zero-order valence-corrected chi connectivity index (χ0v) is 17.6. The maximum Gasteiger partial charge on any atom is 0.272 e. The molecule has 3 heterocycles. The average Bonchev–Trinajstić information content (AvgIpc) is 3.22. The molecule has 0 aliphatic carbocycles. The van der Waals surface area contributed by atoms with Crippen LogP contribution in [0, 0.1) is 11.3 Å². The molecule has 154 valence electrons. The van der Waals surface area contributed by atoms with Gasteiger partial charge in [-0.2, -0.15) is 5.10 Å². The van der Waals surface area contributed by atoms with Crippen molar-refractivity contribution in [2.45, 2.75) is 33.1 Å². The van der Waals surface area contributed by atoms with Crippen LogP contribution in [-0.4, -0.2) is 57.6 Å². The molecule has 6 heteroatoms. The zero-order valence-electron chi connectivity index (χ0n) is 17.6. The van der Waals surface area contributed by atoms with Crippen LogP contribution in [0.1, 0.15) is 43.6 Å². The van der Waals surface area contributed by atoms with Crippen LogP contribution in [0.5, 0.6) is 0 Å². The van der Waals surface area contributed by atoms with Crippen molar-refractivity contribution in [1.29, 1.82) is 0 Å². The number of carbonyl (C=O) groups excluding carboxylic acids is 2. The SMILES string of the molecule is CC(C)CN1CC2(CCN(C(=O)c3cc(-c4ccccc4)nn3C)CC2)CC1=O. The molecule has 0 saturated carbocycles. The maximum absolute atomic E-state index is 13.1. The van der Waals surface area contributed by atoms with Crippen LogP contribution < -0.4 is 0 Å². The first-order valence-electron chi connectivity index (χ1n) is 10.5. The van der Waals surface area contributed by atoms with Crippen LogP contribution >= 0.6 is 0 Å². The summed E-state index contributed by atoms with van der Waals surface area (Å²) in [5.41, 5.74) is 2.48. The normalized spacial score (nSPS) is 18.8. The van der Waals surface area contributed by atoms with E-state index in [0.717, 1.165) is 37.2 Å². The number of rotatable bonds is 4. The monoisotopic (exact) mass is 394 g/mol. The van der Waals surface area contributed by atoms with E-state index in [1.54, 1.807) is 4.68 Å². The molecule has 0 N–H and O–H groups in total. The Balaban J connectivity index is 1.43. The molecule has 2 aliphatic rings. The third-order valence-corrected chi connectivity index (χ3v) is 6.27. The lowest BCUT2D eigenvalue weighted by Gasteiger charge is -2.38. The van der Waals surface area contributed by atoms with Gasteiger partial charge in [0.05, 0.1) is 5.69 Å². The lowest BCUT2D eigenvalue weighted by atomic mass is 9.77. The number of aromatic nitrogens is 2. The molecule has 2 amide bonds.